The van der Waals surface area contributed by atoms with Gasteiger partial charge in [0.25, 0.3) is 5.91 Å². The largest absolute Gasteiger partial charge is 0.496 e. The number of amides is 1. The third-order valence-electron chi connectivity index (χ3n) is 5.01. The molecule has 3 N–H and O–H groups in total. The number of rotatable bonds is 8. The van der Waals surface area contributed by atoms with E-state index in [2.05, 4.69) is 10.3 Å². The molecule has 0 saturated heterocycles. The van der Waals surface area contributed by atoms with Gasteiger partial charge in [0.15, 0.2) is 5.69 Å². The molecule has 1 heterocycles. The molecule has 0 unspecified atom stereocenters. The van der Waals surface area contributed by atoms with Crippen LogP contribution in [0.15, 0.2) is 42.5 Å². The number of benzene rings is 2. The van der Waals surface area contributed by atoms with Crippen molar-refractivity contribution < 1.29 is 23.5 Å². The first-order valence-electron chi connectivity index (χ1n) is 10.5. The molecule has 3 aromatic rings. The van der Waals surface area contributed by atoms with Crippen molar-refractivity contribution in [3.05, 3.63) is 70.9 Å². The second kappa shape index (κ2) is 10.2. The number of methoxy groups -OCH3 is 1. The molecule has 0 bridgehead atoms. The second-order valence-corrected chi connectivity index (χ2v) is 7.64. The molecule has 0 radical (unpaired) electrons. The Morgan fingerprint density at radius 1 is 1.18 bits per heavy atom. The molecule has 2 aromatic carbocycles. The molecule has 0 atom stereocenters. The standard InChI is InChI=1S/C24H27FN4O4/c1-5-33-24(31)21-20(28-22(14(2)3)29(21)26)16-8-6-15(7-9-16)13-27-23(30)18-12-17(25)10-11-19(18)32-4/h6-12,14H,5,13,26H2,1-4H3,(H,27,30). The van der Waals surface area contributed by atoms with E-state index in [0.717, 1.165) is 11.6 Å². The number of hydrogen-bond donors (Lipinski definition) is 2. The third-order valence-corrected chi connectivity index (χ3v) is 5.01. The van der Waals surface area contributed by atoms with Crippen LogP contribution in [0.4, 0.5) is 4.39 Å². The molecule has 0 saturated carbocycles. The summed E-state index contributed by atoms with van der Waals surface area (Å²) in [6, 6.07) is 11.0. The number of halogens is 1. The van der Waals surface area contributed by atoms with Gasteiger partial charge in [-0.1, -0.05) is 38.1 Å². The monoisotopic (exact) mass is 454 g/mol. The summed E-state index contributed by atoms with van der Waals surface area (Å²) in [5.74, 6) is 5.47. The van der Waals surface area contributed by atoms with Crippen molar-refractivity contribution in [2.24, 2.45) is 0 Å². The van der Waals surface area contributed by atoms with Gasteiger partial charge in [-0.3, -0.25) is 4.79 Å². The van der Waals surface area contributed by atoms with Crippen LogP contribution in [0.2, 0.25) is 0 Å². The van der Waals surface area contributed by atoms with Crippen LogP contribution < -0.4 is 15.9 Å². The molecule has 1 aromatic heterocycles. The zero-order valence-corrected chi connectivity index (χ0v) is 19.0. The van der Waals surface area contributed by atoms with Crippen molar-refractivity contribution in [1.29, 1.82) is 0 Å². The smallest absolute Gasteiger partial charge is 0.359 e. The summed E-state index contributed by atoms with van der Waals surface area (Å²) in [5, 5.41) is 2.75. The first-order valence-corrected chi connectivity index (χ1v) is 10.5. The van der Waals surface area contributed by atoms with Crippen LogP contribution in [0.25, 0.3) is 11.3 Å². The van der Waals surface area contributed by atoms with Crippen LogP contribution in [-0.2, 0) is 11.3 Å². The topological polar surface area (TPSA) is 108 Å². The van der Waals surface area contributed by atoms with Gasteiger partial charge in [0, 0.05) is 18.0 Å². The molecule has 9 heteroatoms. The normalized spacial score (nSPS) is 10.8. The van der Waals surface area contributed by atoms with E-state index in [1.165, 1.54) is 23.9 Å². The van der Waals surface area contributed by atoms with E-state index >= 15 is 0 Å². The molecule has 3 rings (SSSR count). The molecular weight excluding hydrogens is 427 g/mol. The average molecular weight is 455 g/mol. The maximum Gasteiger partial charge on any atom is 0.359 e. The number of aromatic nitrogens is 2. The molecule has 0 aliphatic heterocycles. The summed E-state index contributed by atoms with van der Waals surface area (Å²) in [6.07, 6.45) is 0. The van der Waals surface area contributed by atoms with Crippen LogP contribution >= 0.6 is 0 Å². The summed E-state index contributed by atoms with van der Waals surface area (Å²) < 4.78 is 25.1. The fourth-order valence-electron chi connectivity index (χ4n) is 3.37. The van der Waals surface area contributed by atoms with Gasteiger partial charge in [0.05, 0.1) is 19.3 Å². The summed E-state index contributed by atoms with van der Waals surface area (Å²) in [7, 11) is 1.42. The Hall–Kier alpha value is -3.88. The summed E-state index contributed by atoms with van der Waals surface area (Å²) in [5.41, 5.74) is 2.21. The number of carbonyl (C=O) groups is 2. The Morgan fingerprint density at radius 3 is 2.48 bits per heavy atom. The average Bonchev–Trinajstić information content (AvgIpc) is 3.15. The third kappa shape index (κ3) is 5.14. The molecule has 33 heavy (non-hydrogen) atoms. The van der Waals surface area contributed by atoms with E-state index in [9.17, 15) is 14.0 Å². The van der Waals surface area contributed by atoms with Crippen LogP contribution in [0.1, 0.15) is 58.9 Å². The zero-order chi connectivity index (χ0) is 24.1. The number of imidazole rings is 1. The fraction of sp³-hybridized carbons (Fsp3) is 0.292. The number of esters is 1. The lowest BCUT2D eigenvalue weighted by atomic mass is 10.1. The van der Waals surface area contributed by atoms with Crippen molar-refractivity contribution in [3.8, 4) is 17.0 Å². The maximum atomic E-state index is 13.5. The highest BCUT2D eigenvalue weighted by molar-refractivity contribution is 5.97. The number of nitrogens with two attached hydrogens (primary N) is 1. The summed E-state index contributed by atoms with van der Waals surface area (Å²) >= 11 is 0. The minimum Gasteiger partial charge on any atom is -0.496 e. The summed E-state index contributed by atoms with van der Waals surface area (Å²) in [4.78, 5) is 29.6. The Labute approximate surface area is 191 Å². The number of carbonyl (C=O) groups excluding carboxylic acids is 2. The lowest BCUT2D eigenvalue weighted by Crippen LogP contribution is -2.23. The minimum atomic E-state index is -0.546. The Kier molecular flexibility index (Phi) is 7.32. The number of hydrogen-bond acceptors (Lipinski definition) is 6. The highest BCUT2D eigenvalue weighted by Gasteiger charge is 2.25. The van der Waals surface area contributed by atoms with Gasteiger partial charge >= 0.3 is 5.97 Å². The van der Waals surface area contributed by atoms with Gasteiger partial charge in [0.2, 0.25) is 0 Å². The predicted octanol–water partition coefficient (Wildman–Crippen LogP) is 3.64. The van der Waals surface area contributed by atoms with E-state index < -0.39 is 17.7 Å². The highest BCUT2D eigenvalue weighted by atomic mass is 19.1. The quantitative estimate of drug-likeness (QED) is 0.397. The Balaban J connectivity index is 1.81. The van der Waals surface area contributed by atoms with Crippen molar-refractivity contribution in [1.82, 2.24) is 15.0 Å². The van der Waals surface area contributed by atoms with Crippen LogP contribution in [0.5, 0.6) is 5.75 Å². The van der Waals surface area contributed by atoms with Crippen molar-refractivity contribution >= 4 is 11.9 Å². The SMILES string of the molecule is CCOC(=O)c1c(-c2ccc(CNC(=O)c3cc(F)ccc3OC)cc2)nc(C(C)C)n1N. The number of nitrogens with one attached hydrogen (secondary N) is 1. The molecular formula is C24H27FN4O4. The van der Waals surface area contributed by atoms with Gasteiger partial charge in [-0.25, -0.2) is 18.8 Å². The van der Waals surface area contributed by atoms with Crippen molar-refractivity contribution in [2.45, 2.75) is 33.2 Å². The van der Waals surface area contributed by atoms with Crippen LogP contribution in [0.3, 0.4) is 0 Å². The van der Waals surface area contributed by atoms with Gasteiger partial charge < -0.3 is 20.6 Å². The van der Waals surface area contributed by atoms with Crippen LogP contribution in [-0.4, -0.2) is 35.3 Å². The molecule has 0 aliphatic rings. The lowest BCUT2D eigenvalue weighted by molar-refractivity contribution is 0.0516. The van der Waals surface area contributed by atoms with Gasteiger partial charge in [-0.2, -0.15) is 0 Å². The Bertz CT molecular complexity index is 1160. The molecule has 0 fully saturated rings. The van der Waals surface area contributed by atoms with Gasteiger partial charge in [-0.15, -0.1) is 0 Å². The first kappa shape index (κ1) is 23.8. The number of nitrogens with zero attached hydrogens (tertiary/aromatic N) is 2. The zero-order valence-electron chi connectivity index (χ0n) is 19.0. The molecule has 174 valence electrons. The van der Waals surface area contributed by atoms with E-state index in [4.69, 9.17) is 15.3 Å². The van der Waals surface area contributed by atoms with Gasteiger partial charge in [-0.05, 0) is 30.7 Å². The predicted molar refractivity (Wildman–Crippen MR) is 122 cm³/mol. The van der Waals surface area contributed by atoms with Crippen molar-refractivity contribution in [3.63, 3.8) is 0 Å². The molecule has 0 aliphatic carbocycles. The molecule has 0 spiro atoms. The number of nitrogen functional groups attached to an aromatic ring is 1. The first-order chi connectivity index (χ1) is 15.8. The Morgan fingerprint density at radius 2 is 1.88 bits per heavy atom. The second-order valence-electron chi connectivity index (χ2n) is 7.64. The summed E-state index contributed by atoms with van der Waals surface area (Å²) in [6.45, 7) is 6.02. The minimum absolute atomic E-state index is 0.00577. The van der Waals surface area contributed by atoms with Crippen molar-refractivity contribution in [2.75, 3.05) is 19.6 Å². The van der Waals surface area contributed by atoms with Crippen LogP contribution in [0, 0.1) is 5.82 Å². The lowest BCUT2D eigenvalue weighted by Gasteiger charge is -2.10. The van der Waals surface area contributed by atoms with E-state index in [1.807, 2.05) is 13.8 Å². The fourth-order valence-corrected chi connectivity index (χ4v) is 3.37. The highest BCUT2D eigenvalue weighted by Crippen LogP contribution is 2.27. The maximum absolute atomic E-state index is 13.5. The van der Waals surface area contributed by atoms with Gasteiger partial charge in [0.1, 0.15) is 23.1 Å². The molecule has 1 amide bonds. The van der Waals surface area contributed by atoms with E-state index in [-0.39, 0.29) is 36.1 Å². The molecule has 8 nitrogen and oxygen atoms in total. The van der Waals surface area contributed by atoms with E-state index in [1.54, 1.807) is 31.2 Å². The number of ether oxygens (including phenoxy) is 2. The van der Waals surface area contributed by atoms with E-state index in [0.29, 0.717) is 17.1 Å².